The maximum Gasteiger partial charge on any atom is 0.238 e. The lowest BCUT2D eigenvalue weighted by Crippen LogP contribution is -2.40. The highest BCUT2D eigenvalue weighted by Crippen LogP contribution is 2.19. The molecule has 1 amide bonds. The highest BCUT2D eigenvalue weighted by atomic mass is 35.5. The normalized spacial score (nSPS) is 21.9. The van der Waals surface area contributed by atoms with E-state index in [1.54, 1.807) is 0 Å². The number of amides is 1. The molecule has 82 valence electrons. The summed E-state index contributed by atoms with van der Waals surface area (Å²) in [6.07, 6.45) is 5.67. The van der Waals surface area contributed by atoms with Crippen LogP contribution in [0.15, 0.2) is 0 Å². The zero-order valence-electron chi connectivity index (χ0n) is 9.05. The van der Waals surface area contributed by atoms with Gasteiger partial charge in [0, 0.05) is 6.04 Å². The molecule has 1 saturated carbocycles. The molecule has 0 spiro atoms. The van der Waals surface area contributed by atoms with Crippen LogP contribution in [0.4, 0.5) is 0 Å². The fraction of sp³-hybridized carbons (Fsp3) is 0.909. The third-order valence-corrected chi connectivity index (χ3v) is 3.72. The van der Waals surface area contributed by atoms with Gasteiger partial charge in [-0.1, -0.05) is 33.1 Å². The Balaban J connectivity index is 2.32. The Morgan fingerprint density at radius 2 is 2.07 bits per heavy atom. The van der Waals surface area contributed by atoms with Crippen LogP contribution in [0.25, 0.3) is 0 Å². The van der Waals surface area contributed by atoms with E-state index in [4.69, 9.17) is 11.6 Å². The monoisotopic (exact) mass is 217 g/mol. The van der Waals surface area contributed by atoms with Crippen LogP contribution in [0.3, 0.4) is 0 Å². The minimum Gasteiger partial charge on any atom is -0.352 e. The molecule has 0 aromatic rings. The summed E-state index contributed by atoms with van der Waals surface area (Å²) in [5, 5.41) is 2.66. The Kier molecular flexibility index (Phi) is 4.73. The van der Waals surface area contributed by atoms with E-state index in [1.807, 2.05) is 6.92 Å². The van der Waals surface area contributed by atoms with Gasteiger partial charge in [0.2, 0.25) is 5.91 Å². The van der Waals surface area contributed by atoms with Crippen LogP contribution in [0.5, 0.6) is 0 Å². The molecule has 1 aliphatic carbocycles. The smallest absolute Gasteiger partial charge is 0.238 e. The van der Waals surface area contributed by atoms with Crippen LogP contribution in [0.2, 0.25) is 0 Å². The van der Waals surface area contributed by atoms with Crippen LogP contribution < -0.4 is 5.32 Å². The van der Waals surface area contributed by atoms with Gasteiger partial charge in [0.05, 0.1) is 0 Å². The van der Waals surface area contributed by atoms with Crippen LogP contribution in [0, 0.1) is 5.92 Å². The van der Waals surface area contributed by atoms with Gasteiger partial charge in [-0.15, -0.1) is 11.6 Å². The average molecular weight is 218 g/mol. The molecule has 0 aliphatic heterocycles. The third kappa shape index (κ3) is 3.16. The second kappa shape index (κ2) is 5.59. The molecule has 14 heavy (non-hydrogen) atoms. The van der Waals surface area contributed by atoms with Crippen molar-refractivity contribution in [2.75, 3.05) is 0 Å². The van der Waals surface area contributed by atoms with Crippen LogP contribution in [0.1, 0.15) is 46.0 Å². The van der Waals surface area contributed by atoms with Crippen molar-refractivity contribution in [3.05, 3.63) is 0 Å². The lowest BCUT2D eigenvalue weighted by Gasteiger charge is -2.18. The number of hydrogen-bond donors (Lipinski definition) is 1. The highest BCUT2D eigenvalue weighted by molar-refractivity contribution is 6.30. The molecule has 1 rings (SSSR count). The first-order chi connectivity index (χ1) is 6.65. The predicted octanol–water partition coefficient (Wildman–Crippen LogP) is 2.70. The van der Waals surface area contributed by atoms with E-state index >= 15 is 0 Å². The largest absolute Gasteiger partial charge is 0.352 e. The van der Waals surface area contributed by atoms with E-state index in [1.165, 1.54) is 12.8 Å². The Labute approximate surface area is 91.4 Å². The topological polar surface area (TPSA) is 29.1 Å². The number of nitrogens with one attached hydrogen (secondary N) is 1. The van der Waals surface area contributed by atoms with Gasteiger partial charge in [0.25, 0.3) is 0 Å². The van der Waals surface area contributed by atoms with Crippen LogP contribution in [-0.4, -0.2) is 17.3 Å². The van der Waals surface area contributed by atoms with Gasteiger partial charge in [-0.3, -0.25) is 4.79 Å². The van der Waals surface area contributed by atoms with Gasteiger partial charge < -0.3 is 5.32 Å². The molecule has 2 unspecified atom stereocenters. The molecule has 2 nitrogen and oxygen atoms in total. The van der Waals surface area contributed by atoms with Crippen molar-refractivity contribution in [1.82, 2.24) is 5.32 Å². The fourth-order valence-corrected chi connectivity index (χ4v) is 2.06. The quantitative estimate of drug-likeness (QED) is 0.721. The van der Waals surface area contributed by atoms with Gasteiger partial charge in [-0.05, 0) is 18.8 Å². The Morgan fingerprint density at radius 1 is 1.50 bits per heavy atom. The lowest BCUT2D eigenvalue weighted by molar-refractivity contribution is -0.122. The van der Waals surface area contributed by atoms with E-state index < -0.39 is 0 Å². The molecule has 2 atom stereocenters. The summed E-state index contributed by atoms with van der Waals surface area (Å²) >= 11 is 6.05. The molecule has 3 heteroatoms. The van der Waals surface area contributed by atoms with Gasteiger partial charge in [-0.25, -0.2) is 0 Å². The van der Waals surface area contributed by atoms with Crippen molar-refractivity contribution in [3.63, 3.8) is 0 Å². The number of halogens is 1. The number of alkyl halides is 1. The van der Waals surface area contributed by atoms with Crippen molar-refractivity contribution in [1.29, 1.82) is 0 Å². The first kappa shape index (κ1) is 11.8. The first-order valence-electron chi connectivity index (χ1n) is 5.59. The Bertz CT molecular complexity index is 190. The molecule has 1 N–H and O–H groups in total. The van der Waals surface area contributed by atoms with E-state index in [-0.39, 0.29) is 17.2 Å². The number of carbonyl (C=O) groups excluding carboxylic acids is 1. The highest BCUT2D eigenvalue weighted by Gasteiger charge is 2.24. The number of rotatable bonds is 4. The number of carbonyl (C=O) groups is 1. The summed E-state index contributed by atoms with van der Waals surface area (Å²) in [5.41, 5.74) is 0. The molecule has 1 aliphatic rings. The summed E-state index contributed by atoms with van der Waals surface area (Å²) in [7, 11) is 0. The second-order valence-corrected chi connectivity index (χ2v) is 4.75. The molecule has 0 aromatic heterocycles. The second-order valence-electron chi connectivity index (χ2n) is 4.28. The summed E-state index contributed by atoms with van der Waals surface area (Å²) in [4.78, 5) is 11.7. The molecule has 1 fully saturated rings. The van der Waals surface area contributed by atoms with Gasteiger partial charge in [0.1, 0.15) is 5.38 Å². The molecule has 0 heterocycles. The van der Waals surface area contributed by atoms with E-state index in [0.717, 1.165) is 19.3 Å². The summed E-state index contributed by atoms with van der Waals surface area (Å²) in [6.45, 7) is 4.08. The Hall–Kier alpha value is -0.240. The third-order valence-electron chi connectivity index (χ3n) is 3.10. The standard InChI is InChI=1S/C11H20ClNO/c1-3-8(2)10(12)11(14)13-9-6-4-5-7-9/h8-10H,3-7H2,1-2H3,(H,13,14). The first-order valence-corrected chi connectivity index (χ1v) is 6.03. The van der Waals surface area contributed by atoms with Gasteiger partial charge in [0.15, 0.2) is 0 Å². The zero-order valence-corrected chi connectivity index (χ0v) is 9.81. The van der Waals surface area contributed by atoms with Crippen LogP contribution in [-0.2, 0) is 4.79 Å². The van der Waals surface area contributed by atoms with E-state index in [2.05, 4.69) is 12.2 Å². The average Bonchev–Trinajstić information content (AvgIpc) is 2.68. The minimum atomic E-state index is -0.361. The fourth-order valence-electron chi connectivity index (χ4n) is 1.82. The van der Waals surface area contributed by atoms with Crippen molar-refractivity contribution < 1.29 is 4.79 Å². The summed E-state index contributed by atoms with van der Waals surface area (Å²) < 4.78 is 0. The molecule has 0 aromatic carbocycles. The van der Waals surface area contributed by atoms with Crippen molar-refractivity contribution >= 4 is 17.5 Å². The molecule has 0 saturated heterocycles. The lowest BCUT2D eigenvalue weighted by atomic mass is 10.0. The Morgan fingerprint density at radius 3 is 2.57 bits per heavy atom. The molecule has 0 radical (unpaired) electrons. The summed E-state index contributed by atoms with van der Waals surface area (Å²) in [6, 6.07) is 0.382. The SMILES string of the molecule is CCC(C)C(Cl)C(=O)NC1CCCC1. The summed E-state index contributed by atoms with van der Waals surface area (Å²) in [5.74, 6) is 0.283. The number of hydrogen-bond acceptors (Lipinski definition) is 1. The molecular formula is C11H20ClNO. The zero-order chi connectivity index (χ0) is 10.6. The predicted molar refractivity (Wildman–Crippen MR) is 59.5 cm³/mol. The maximum atomic E-state index is 11.7. The minimum absolute atomic E-state index is 0.0212. The molecular weight excluding hydrogens is 198 g/mol. The maximum absolute atomic E-state index is 11.7. The van der Waals surface area contributed by atoms with Crippen LogP contribution >= 0.6 is 11.6 Å². The van der Waals surface area contributed by atoms with Crippen molar-refractivity contribution in [2.45, 2.75) is 57.4 Å². The van der Waals surface area contributed by atoms with Gasteiger partial charge >= 0.3 is 0 Å². The van der Waals surface area contributed by atoms with E-state index in [0.29, 0.717) is 6.04 Å². The van der Waals surface area contributed by atoms with Crippen molar-refractivity contribution in [2.24, 2.45) is 5.92 Å². The van der Waals surface area contributed by atoms with Gasteiger partial charge in [-0.2, -0.15) is 0 Å². The van der Waals surface area contributed by atoms with Crippen molar-refractivity contribution in [3.8, 4) is 0 Å². The van der Waals surface area contributed by atoms with E-state index in [9.17, 15) is 4.79 Å². The molecule has 0 bridgehead atoms.